The molecule has 1 rings (SSSR count). The van der Waals surface area contributed by atoms with Crippen molar-refractivity contribution in [2.45, 2.75) is 6.04 Å². The zero-order valence-corrected chi connectivity index (χ0v) is 9.78. The van der Waals surface area contributed by atoms with Gasteiger partial charge in [-0.15, -0.1) is 0 Å². The van der Waals surface area contributed by atoms with E-state index in [1.54, 1.807) is 0 Å². The number of hydrogen-bond donors (Lipinski definition) is 5. The highest BCUT2D eigenvalue weighted by molar-refractivity contribution is 5.94. The zero-order valence-electron chi connectivity index (χ0n) is 9.78. The fourth-order valence-electron chi connectivity index (χ4n) is 1.22. The van der Waals surface area contributed by atoms with Gasteiger partial charge < -0.3 is 25.7 Å². The smallest absolute Gasteiger partial charge is 0.328 e. The third-order valence-electron chi connectivity index (χ3n) is 2.22. The minimum absolute atomic E-state index is 0.284. The summed E-state index contributed by atoms with van der Waals surface area (Å²) in [6.07, 6.45) is 2.38. The van der Waals surface area contributed by atoms with Gasteiger partial charge >= 0.3 is 5.97 Å². The molecule has 1 aromatic carbocycles. The molecule has 0 radical (unpaired) electrons. The fraction of sp³-hybridized carbons (Fsp3) is 0.167. The molecule has 0 bridgehead atoms. The summed E-state index contributed by atoms with van der Waals surface area (Å²) in [6, 6.07) is 2.57. The first-order valence-electron chi connectivity index (χ1n) is 5.28. The van der Waals surface area contributed by atoms with Crippen molar-refractivity contribution in [3.63, 3.8) is 0 Å². The Hall–Kier alpha value is -2.54. The van der Waals surface area contributed by atoms with E-state index >= 15 is 0 Å². The van der Waals surface area contributed by atoms with Crippen LogP contribution in [0.5, 0.6) is 11.5 Å². The maximum Gasteiger partial charge on any atom is 0.328 e. The molecule has 1 aromatic rings. The molecule has 1 amide bonds. The predicted molar refractivity (Wildman–Crippen MR) is 65.5 cm³/mol. The van der Waals surface area contributed by atoms with E-state index in [4.69, 9.17) is 15.3 Å². The highest BCUT2D eigenvalue weighted by Gasteiger charge is 2.16. The molecule has 5 N–H and O–H groups in total. The monoisotopic (exact) mass is 267 g/mol. The highest BCUT2D eigenvalue weighted by atomic mass is 16.4. The molecule has 0 aliphatic heterocycles. The lowest BCUT2D eigenvalue weighted by Gasteiger charge is -2.09. The Morgan fingerprint density at radius 2 is 1.95 bits per heavy atom. The number of hydrogen-bond acceptors (Lipinski definition) is 5. The number of phenolic OH excluding ortho intramolecular Hbond substituents is 2. The third-order valence-corrected chi connectivity index (χ3v) is 2.22. The van der Waals surface area contributed by atoms with Gasteiger partial charge in [0.25, 0.3) is 0 Å². The summed E-state index contributed by atoms with van der Waals surface area (Å²) in [5.74, 6) is -2.66. The molecule has 1 unspecified atom stereocenters. The third kappa shape index (κ3) is 4.32. The summed E-state index contributed by atoms with van der Waals surface area (Å²) >= 11 is 0. The molecule has 0 heterocycles. The highest BCUT2D eigenvalue weighted by Crippen LogP contribution is 2.25. The minimum atomic E-state index is -1.37. The van der Waals surface area contributed by atoms with Crippen LogP contribution in [0.3, 0.4) is 0 Å². The predicted octanol–water partition coefficient (Wildman–Crippen LogP) is -0.327. The van der Waals surface area contributed by atoms with Crippen LogP contribution in [0.4, 0.5) is 0 Å². The number of aliphatic carboxylic acids is 1. The van der Waals surface area contributed by atoms with Crippen LogP contribution in [-0.4, -0.2) is 45.0 Å². The molecule has 0 aliphatic rings. The number of rotatable bonds is 5. The summed E-state index contributed by atoms with van der Waals surface area (Å²) in [5, 5.41) is 37.7. The molecule has 0 aromatic heterocycles. The number of amides is 1. The lowest BCUT2D eigenvalue weighted by molar-refractivity contribution is -0.142. The van der Waals surface area contributed by atoms with Gasteiger partial charge in [0.05, 0.1) is 6.61 Å². The number of carbonyl (C=O) groups excluding carboxylic acids is 1. The van der Waals surface area contributed by atoms with Crippen molar-refractivity contribution in [2.75, 3.05) is 6.61 Å². The van der Waals surface area contributed by atoms with E-state index in [1.165, 1.54) is 24.3 Å². The lowest BCUT2D eigenvalue weighted by Crippen LogP contribution is -2.42. The zero-order chi connectivity index (χ0) is 14.4. The van der Waals surface area contributed by atoms with E-state index in [9.17, 15) is 14.7 Å². The molecule has 0 saturated heterocycles. The van der Waals surface area contributed by atoms with Crippen molar-refractivity contribution in [1.82, 2.24) is 5.32 Å². The second kappa shape index (κ2) is 6.41. The topological polar surface area (TPSA) is 127 Å². The van der Waals surface area contributed by atoms with E-state index in [0.717, 1.165) is 6.08 Å². The normalized spacial score (nSPS) is 12.3. The first-order chi connectivity index (χ1) is 8.93. The van der Waals surface area contributed by atoms with E-state index in [2.05, 4.69) is 5.32 Å². The summed E-state index contributed by atoms with van der Waals surface area (Å²) in [6.45, 7) is -0.713. The van der Waals surface area contributed by atoms with E-state index in [0.29, 0.717) is 5.56 Å². The number of aromatic hydroxyl groups is 2. The number of aliphatic hydroxyl groups excluding tert-OH is 1. The Labute approximate surface area is 108 Å². The van der Waals surface area contributed by atoms with Crippen molar-refractivity contribution in [3.05, 3.63) is 29.8 Å². The number of phenols is 2. The molecule has 7 nitrogen and oxygen atoms in total. The molecule has 0 spiro atoms. The van der Waals surface area contributed by atoms with Crippen molar-refractivity contribution >= 4 is 18.0 Å². The molecular weight excluding hydrogens is 254 g/mol. The largest absolute Gasteiger partial charge is 0.504 e. The van der Waals surface area contributed by atoms with Gasteiger partial charge in [-0.3, -0.25) is 4.79 Å². The Morgan fingerprint density at radius 1 is 1.26 bits per heavy atom. The molecular formula is C12H13NO6. The second-order valence-corrected chi connectivity index (χ2v) is 3.66. The van der Waals surface area contributed by atoms with E-state index in [1.807, 2.05) is 0 Å². The van der Waals surface area contributed by atoms with Crippen LogP contribution < -0.4 is 5.32 Å². The summed E-state index contributed by atoms with van der Waals surface area (Å²) < 4.78 is 0. The second-order valence-electron chi connectivity index (χ2n) is 3.66. The molecule has 19 heavy (non-hydrogen) atoms. The Morgan fingerprint density at radius 3 is 2.47 bits per heavy atom. The van der Waals surface area contributed by atoms with Crippen molar-refractivity contribution < 1.29 is 30.0 Å². The van der Waals surface area contributed by atoms with Crippen LogP contribution in [-0.2, 0) is 9.59 Å². The number of carbonyl (C=O) groups is 2. The SMILES string of the molecule is O=C(/C=C/c1ccc(O)c(O)c1)NC(CO)C(=O)O. The van der Waals surface area contributed by atoms with Gasteiger partial charge in [0.2, 0.25) is 5.91 Å². The first kappa shape index (κ1) is 14.5. The number of benzene rings is 1. The van der Waals surface area contributed by atoms with Crippen molar-refractivity contribution in [2.24, 2.45) is 0 Å². The average Bonchev–Trinajstić information content (AvgIpc) is 2.37. The van der Waals surface area contributed by atoms with Gasteiger partial charge in [-0.1, -0.05) is 6.07 Å². The van der Waals surface area contributed by atoms with Crippen molar-refractivity contribution in [3.8, 4) is 11.5 Å². The van der Waals surface area contributed by atoms with Crippen molar-refractivity contribution in [1.29, 1.82) is 0 Å². The average molecular weight is 267 g/mol. The Kier molecular flexibility index (Phi) is 4.90. The van der Waals surface area contributed by atoms with E-state index < -0.39 is 24.5 Å². The van der Waals surface area contributed by atoms with Crippen LogP contribution >= 0.6 is 0 Å². The van der Waals surface area contributed by atoms with Gasteiger partial charge in [-0.05, 0) is 23.8 Å². The van der Waals surface area contributed by atoms with E-state index in [-0.39, 0.29) is 11.5 Å². The molecule has 1 atom stereocenters. The van der Waals surface area contributed by atoms with Crippen LogP contribution in [0.25, 0.3) is 6.08 Å². The molecule has 0 saturated carbocycles. The van der Waals surface area contributed by atoms with Crippen LogP contribution in [0, 0.1) is 0 Å². The minimum Gasteiger partial charge on any atom is -0.504 e. The summed E-state index contributed by atoms with van der Waals surface area (Å²) in [7, 11) is 0. The van der Waals surface area contributed by atoms with Crippen LogP contribution in [0.1, 0.15) is 5.56 Å². The molecule has 0 fully saturated rings. The van der Waals surface area contributed by atoms with Crippen LogP contribution in [0.15, 0.2) is 24.3 Å². The Balaban J connectivity index is 2.68. The Bertz CT molecular complexity index is 511. The van der Waals surface area contributed by atoms with Gasteiger partial charge in [0, 0.05) is 6.08 Å². The molecule has 7 heteroatoms. The van der Waals surface area contributed by atoms with Crippen LogP contribution in [0.2, 0.25) is 0 Å². The number of aliphatic hydroxyl groups is 1. The number of carboxylic acids is 1. The molecule has 102 valence electrons. The molecule has 0 aliphatic carbocycles. The van der Waals surface area contributed by atoms with Gasteiger partial charge in [-0.25, -0.2) is 4.79 Å². The van der Waals surface area contributed by atoms with Gasteiger partial charge in [0.15, 0.2) is 17.5 Å². The standard InChI is InChI=1S/C12H13NO6/c14-6-8(12(18)19)13-11(17)4-2-7-1-3-9(15)10(16)5-7/h1-5,8,14-16H,6H2,(H,13,17)(H,18,19)/b4-2+. The number of carboxylic acid groups (broad SMARTS) is 1. The van der Waals surface area contributed by atoms with Gasteiger partial charge in [0.1, 0.15) is 0 Å². The maximum absolute atomic E-state index is 11.4. The summed E-state index contributed by atoms with van der Waals surface area (Å²) in [4.78, 5) is 21.9. The first-order valence-corrected chi connectivity index (χ1v) is 5.28. The van der Waals surface area contributed by atoms with Gasteiger partial charge in [-0.2, -0.15) is 0 Å². The fourth-order valence-corrected chi connectivity index (χ4v) is 1.22. The number of nitrogens with one attached hydrogen (secondary N) is 1. The lowest BCUT2D eigenvalue weighted by atomic mass is 10.2. The quantitative estimate of drug-likeness (QED) is 0.367. The maximum atomic E-state index is 11.4. The summed E-state index contributed by atoms with van der Waals surface area (Å²) in [5.41, 5.74) is 0.446.